The van der Waals surface area contributed by atoms with E-state index in [4.69, 9.17) is 9.47 Å². The van der Waals surface area contributed by atoms with Gasteiger partial charge in [0.15, 0.2) is 0 Å². The number of hydrogen-bond donors (Lipinski definition) is 0. The fraction of sp³-hybridized carbons (Fsp3) is 0.474. The molecule has 1 amide bonds. The number of piperidine rings is 1. The molecule has 7 heteroatoms. The third-order valence-corrected chi connectivity index (χ3v) is 3.68. The molecule has 1 aromatic carbocycles. The normalized spacial score (nSPS) is 18.5. The SMILES string of the molecule is CC(C)(C)OC(=O)N1CCC(=CC(=O)OCc2ccccc2)C(F)(F)C1. The summed E-state index contributed by atoms with van der Waals surface area (Å²) < 4.78 is 38.7. The molecule has 1 saturated heterocycles. The van der Waals surface area contributed by atoms with Gasteiger partial charge < -0.3 is 14.4 Å². The highest BCUT2D eigenvalue weighted by molar-refractivity contribution is 5.83. The van der Waals surface area contributed by atoms with Gasteiger partial charge in [0.25, 0.3) is 5.92 Å². The van der Waals surface area contributed by atoms with Gasteiger partial charge >= 0.3 is 12.1 Å². The minimum Gasteiger partial charge on any atom is -0.458 e. The van der Waals surface area contributed by atoms with Crippen LogP contribution in [0.2, 0.25) is 0 Å². The minimum atomic E-state index is -3.30. The molecule has 5 nitrogen and oxygen atoms in total. The van der Waals surface area contributed by atoms with Gasteiger partial charge in [0, 0.05) is 18.2 Å². The largest absolute Gasteiger partial charge is 0.458 e. The van der Waals surface area contributed by atoms with E-state index in [1.807, 2.05) is 6.07 Å². The number of esters is 1. The van der Waals surface area contributed by atoms with Crippen LogP contribution in [0.4, 0.5) is 13.6 Å². The standard InChI is InChI=1S/C19H23F2NO4/c1-18(2,3)26-17(24)22-10-9-15(19(20,21)13-22)11-16(23)25-12-14-7-5-4-6-8-14/h4-8,11H,9-10,12-13H2,1-3H3. The molecule has 142 valence electrons. The number of rotatable bonds is 3. The van der Waals surface area contributed by atoms with Crippen LogP contribution in [0.5, 0.6) is 0 Å². The quantitative estimate of drug-likeness (QED) is 0.600. The first-order valence-corrected chi connectivity index (χ1v) is 8.34. The van der Waals surface area contributed by atoms with Gasteiger partial charge in [0.2, 0.25) is 0 Å². The molecule has 1 aliphatic heterocycles. The van der Waals surface area contributed by atoms with E-state index in [0.29, 0.717) is 0 Å². The Morgan fingerprint density at radius 2 is 1.88 bits per heavy atom. The van der Waals surface area contributed by atoms with Gasteiger partial charge in [-0.3, -0.25) is 0 Å². The van der Waals surface area contributed by atoms with Gasteiger partial charge in [-0.15, -0.1) is 0 Å². The number of likely N-dealkylation sites (tertiary alicyclic amines) is 1. The highest BCUT2D eigenvalue weighted by atomic mass is 19.3. The van der Waals surface area contributed by atoms with Crippen molar-refractivity contribution in [2.75, 3.05) is 13.1 Å². The maximum absolute atomic E-state index is 14.3. The number of carbonyl (C=O) groups is 2. The lowest BCUT2D eigenvalue weighted by Crippen LogP contribution is -2.48. The van der Waals surface area contributed by atoms with Crippen molar-refractivity contribution >= 4 is 12.1 Å². The lowest BCUT2D eigenvalue weighted by Gasteiger charge is -2.35. The highest BCUT2D eigenvalue weighted by Crippen LogP contribution is 2.33. The third-order valence-electron chi connectivity index (χ3n) is 3.68. The molecular weight excluding hydrogens is 344 g/mol. The molecule has 0 radical (unpaired) electrons. The molecule has 0 saturated carbocycles. The van der Waals surface area contributed by atoms with Crippen molar-refractivity contribution in [2.24, 2.45) is 0 Å². The predicted octanol–water partition coefficient (Wildman–Crippen LogP) is 3.93. The summed E-state index contributed by atoms with van der Waals surface area (Å²) >= 11 is 0. The van der Waals surface area contributed by atoms with E-state index < -0.39 is 30.1 Å². The number of hydrogen-bond acceptors (Lipinski definition) is 4. The molecule has 0 N–H and O–H groups in total. The van der Waals surface area contributed by atoms with Gasteiger partial charge in [-0.05, 0) is 32.8 Å². The molecule has 1 aromatic rings. The van der Waals surface area contributed by atoms with Crippen LogP contribution in [-0.2, 0) is 20.9 Å². The Kier molecular flexibility index (Phi) is 6.00. The summed E-state index contributed by atoms with van der Waals surface area (Å²) in [5.74, 6) is -4.13. The van der Waals surface area contributed by atoms with Crippen LogP contribution in [-0.4, -0.2) is 41.6 Å². The highest BCUT2D eigenvalue weighted by Gasteiger charge is 2.43. The van der Waals surface area contributed by atoms with Crippen LogP contribution in [0.1, 0.15) is 32.8 Å². The zero-order valence-corrected chi connectivity index (χ0v) is 15.1. The van der Waals surface area contributed by atoms with E-state index in [1.165, 1.54) is 0 Å². The predicted molar refractivity (Wildman–Crippen MR) is 91.7 cm³/mol. The molecule has 0 bridgehead atoms. The summed E-state index contributed by atoms with van der Waals surface area (Å²) in [6.07, 6.45) is -0.0786. The molecule has 1 heterocycles. The van der Waals surface area contributed by atoms with Crippen molar-refractivity contribution < 1.29 is 27.8 Å². The van der Waals surface area contributed by atoms with Crippen LogP contribution in [0, 0.1) is 0 Å². The van der Waals surface area contributed by atoms with Gasteiger partial charge in [0.1, 0.15) is 12.2 Å². The van der Waals surface area contributed by atoms with E-state index in [-0.39, 0.29) is 25.1 Å². The summed E-state index contributed by atoms with van der Waals surface area (Å²) in [7, 11) is 0. The van der Waals surface area contributed by atoms with Crippen molar-refractivity contribution in [3.8, 4) is 0 Å². The second-order valence-electron chi connectivity index (χ2n) is 7.12. The molecule has 0 aliphatic carbocycles. The van der Waals surface area contributed by atoms with Gasteiger partial charge in [-0.25, -0.2) is 9.59 Å². The first-order chi connectivity index (χ1) is 12.1. The summed E-state index contributed by atoms with van der Waals surface area (Å²) in [6, 6.07) is 8.96. The Morgan fingerprint density at radius 1 is 1.23 bits per heavy atom. The van der Waals surface area contributed by atoms with Crippen molar-refractivity contribution in [1.29, 1.82) is 0 Å². The van der Waals surface area contributed by atoms with Crippen molar-refractivity contribution in [3.63, 3.8) is 0 Å². The minimum absolute atomic E-state index is 0.0130. The lowest BCUT2D eigenvalue weighted by atomic mass is 10.00. The van der Waals surface area contributed by atoms with Crippen LogP contribution in [0.25, 0.3) is 0 Å². The number of ether oxygens (including phenoxy) is 2. The van der Waals surface area contributed by atoms with Crippen LogP contribution in [0.3, 0.4) is 0 Å². The number of benzene rings is 1. The maximum Gasteiger partial charge on any atom is 0.410 e. The van der Waals surface area contributed by atoms with E-state index in [1.54, 1.807) is 45.0 Å². The molecule has 0 spiro atoms. The molecule has 0 aromatic heterocycles. The van der Waals surface area contributed by atoms with Gasteiger partial charge in [-0.1, -0.05) is 30.3 Å². The molecule has 2 rings (SSSR count). The number of amides is 1. The van der Waals surface area contributed by atoms with Crippen molar-refractivity contribution in [2.45, 2.75) is 45.3 Å². The molecule has 26 heavy (non-hydrogen) atoms. The topological polar surface area (TPSA) is 55.8 Å². The summed E-state index contributed by atoms with van der Waals surface area (Å²) in [5, 5.41) is 0. The van der Waals surface area contributed by atoms with Crippen molar-refractivity contribution in [3.05, 3.63) is 47.5 Å². The second kappa shape index (κ2) is 7.85. The van der Waals surface area contributed by atoms with Gasteiger partial charge in [-0.2, -0.15) is 8.78 Å². The number of halogens is 2. The Bertz CT molecular complexity index is 681. The second-order valence-corrected chi connectivity index (χ2v) is 7.12. The number of nitrogens with zero attached hydrogens (tertiary/aromatic N) is 1. The summed E-state index contributed by atoms with van der Waals surface area (Å²) in [4.78, 5) is 24.7. The van der Waals surface area contributed by atoms with E-state index in [9.17, 15) is 18.4 Å². The maximum atomic E-state index is 14.3. The average Bonchev–Trinajstić information content (AvgIpc) is 2.54. The van der Waals surface area contributed by atoms with E-state index >= 15 is 0 Å². The average molecular weight is 367 g/mol. The number of carbonyl (C=O) groups excluding carboxylic acids is 2. The Morgan fingerprint density at radius 3 is 2.46 bits per heavy atom. The Balaban J connectivity index is 1.95. The smallest absolute Gasteiger partial charge is 0.410 e. The number of alkyl halides is 2. The van der Waals surface area contributed by atoms with Crippen LogP contribution >= 0.6 is 0 Å². The fourth-order valence-corrected chi connectivity index (χ4v) is 2.43. The molecule has 0 unspecified atom stereocenters. The van der Waals surface area contributed by atoms with Gasteiger partial charge in [0.05, 0.1) is 6.54 Å². The molecule has 1 aliphatic rings. The van der Waals surface area contributed by atoms with Crippen LogP contribution in [0.15, 0.2) is 42.0 Å². The van der Waals surface area contributed by atoms with E-state index in [0.717, 1.165) is 16.5 Å². The first kappa shape index (κ1) is 19.9. The first-order valence-electron chi connectivity index (χ1n) is 8.34. The zero-order valence-electron chi connectivity index (χ0n) is 15.1. The van der Waals surface area contributed by atoms with E-state index in [2.05, 4.69) is 0 Å². The summed E-state index contributed by atoms with van der Waals surface area (Å²) in [5.41, 5.74) is -0.329. The fourth-order valence-electron chi connectivity index (χ4n) is 2.43. The van der Waals surface area contributed by atoms with Crippen LogP contribution < -0.4 is 0 Å². The molecule has 0 atom stereocenters. The lowest BCUT2D eigenvalue weighted by molar-refractivity contribution is -0.139. The Labute approximate surface area is 151 Å². The van der Waals surface area contributed by atoms with Crippen molar-refractivity contribution in [1.82, 2.24) is 4.90 Å². The monoisotopic (exact) mass is 367 g/mol. The summed E-state index contributed by atoms with van der Waals surface area (Å²) in [6.45, 7) is 4.25. The zero-order chi connectivity index (χ0) is 19.4. The molecular formula is C19H23F2NO4. The third kappa shape index (κ3) is 5.82. The Hall–Kier alpha value is -2.44. The molecule has 1 fully saturated rings.